The lowest BCUT2D eigenvalue weighted by atomic mass is 9.86. The molecule has 2 heteroatoms. The van der Waals surface area contributed by atoms with Gasteiger partial charge in [0.2, 0.25) is 0 Å². The second-order valence-corrected chi connectivity index (χ2v) is 13.7. The van der Waals surface area contributed by atoms with Crippen molar-refractivity contribution in [2.75, 3.05) is 9.80 Å². The molecule has 0 spiro atoms. The Morgan fingerprint density at radius 2 is 0.615 bits per heavy atom. The monoisotopic (exact) mass is 660 g/mol. The Morgan fingerprint density at radius 3 is 1.17 bits per heavy atom. The fourth-order valence-electron chi connectivity index (χ4n) is 8.69. The molecule has 0 bridgehead atoms. The molecular weight excluding hydrogens is 629 g/mol. The fourth-order valence-corrected chi connectivity index (χ4v) is 8.69. The Balaban J connectivity index is 1.05. The predicted molar refractivity (Wildman–Crippen MR) is 220 cm³/mol. The molecule has 0 atom stereocenters. The molecule has 0 saturated heterocycles. The van der Waals surface area contributed by atoms with Crippen LogP contribution in [-0.2, 0) is 0 Å². The van der Waals surface area contributed by atoms with Crippen LogP contribution in [-0.4, -0.2) is 0 Å². The van der Waals surface area contributed by atoms with Crippen LogP contribution in [0.5, 0.6) is 0 Å². The highest BCUT2D eigenvalue weighted by molar-refractivity contribution is 6.19. The average Bonchev–Trinajstić information content (AvgIpc) is 3.22. The van der Waals surface area contributed by atoms with Crippen LogP contribution in [0, 0.1) is 0 Å². The van der Waals surface area contributed by atoms with E-state index in [9.17, 15) is 0 Å². The highest BCUT2D eigenvalue weighted by Crippen LogP contribution is 2.54. The van der Waals surface area contributed by atoms with Crippen molar-refractivity contribution in [1.29, 1.82) is 0 Å². The third-order valence-electron chi connectivity index (χ3n) is 10.9. The molecule has 0 unspecified atom stereocenters. The molecular formula is C50H32N2. The summed E-state index contributed by atoms with van der Waals surface area (Å²) in [6.07, 6.45) is 0. The molecule has 52 heavy (non-hydrogen) atoms. The number of anilines is 6. The Kier molecular flexibility index (Phi) is 6.28. The summed E-state index contributed by atoms with van der Waals surface area (Å²) in [6, 6.07) is 70.9. The van der Waals surface area contributed by atoms with E-state index in [1.54, 1.807) is 0 Å². The minimum absolute atomic E-state index is 1.17. The van der Waals surface area contributed by atoms with Crippen molar-refractivity contribution in [3.8, 4) is 44.5 Å². The van der Waals surface area contributed by atoms with E-state index >= 15 is 0 Å². The van der Waals surface area contributed by atoms with Gasteiger partial charge < -0.3 is 9.80 Å². The summed E-state index contributed by atoms with van der Waals surface area (Å²) in [5, 5.41) is 5.11. The summed E-state index contributed by atoms with van der Waals surface area (Å²) in [4.78, 5) is 4.82. The summed E-state index contributed by atoms with van der Waals surface area (Å²) in [5.74, 6) is 0. The quantitative estimate of drug-likeness (QED) is 0.185. The molecule has 11 rings (SSSR count). The summed E-state index contributed by atoms with van der Waals surface area (Å²) >= 11 is 0. The lowest BCUT2D eigenvalue weighted by molar-refractivity contribution is 1.28. The summed E-state index contributed by atoms with van der Waals surface area (Å²) in [7, 11) is 0. The zero-order chi connectivity index (χ0) is 34.2. The average molecular weight is 661 g/mol. The fraction of sp³-hybridized carbons (Fsp3) is 0. The van der Waals surface area contributed by atoms with E-state index in [1.165, 1.54) is 100 Å². The van der Waals surface area contributed by atoms with Crippen molar-refractivity contribution < 1.29 is 0 Å². The number of hydrogen-bond acceptors (Lipinski definition) is 2. The molecule has 0 radical (unpaired) electrons. The van der Waals surface area contributed by atoms with Crippen LogP contribution in [0.1, 0.15) is 0 Å². The van der Waals surface area contributed by atoms with E-state index in [2.05, 4.69) is 204 Å². The van der Waals surface area contributed by atoms with E-state index in [1.807, 2.05) is 0 Å². The predicted octanol–water partition coefficient (Wildman–Crippen LogP) is 14.2. The van der Waals surface area contributed by atoms with Crippen molar-refractivity contribution in [2.24, 2.45) is 0 Å². The van der Waals surface area contributed by atoms with Gasteiger partial charge in [0, 0.05) is 33.3 Å². The zero-order valence-corrected chi connectivity index (χ0v) is 28.4. The minimum Gasteiger partial charge on any atom is -0.309 e. The van der Waals surface area contributed by atoms with Crippen molar-refractivity contribution in [3.05, 3.63) is 194 Å². The van der Waals surface area contributed by atoms with Crippen LogP contribution in [0.15, 0.2) is 194 Å². The van der Waals surface area contributed by atoms with Crippen molar-refractivity contribution in [2.45, 2.75) is 0 Å². The van der Waals surface area contributed by atoms with Gasteiger partial charge in [-0.05, 0) is 92.7 Å². The van der Waals surface area contributed by atoms with E-state index < -0.39 is 0 Å². The van der Waals surface area contributed by atoms with E-state index in [0.717, 1.165) is 0 Å². The molecule has 2 nitrogen and oxygen atoms in total. The Hall–Kier alpha value is -6.90. The maximum Gasteiger partial charge on any atom is 0.0546 e. The van der Waals surface area contributed by atoms with Crippen LogP contribution in [0.4, 0.5) is 34.1 Å². The zero-order valence-electron chi connectivity index (χ0n) is 28.4. The van der Waals surface area contributed by atoms with Crippen molar-refractivity contribution in [1.82, 2.24) is 0 Å². The van der Waals surface area contributed by atoms with Gasteiger partial charge in [-0.3, -0.25) is 0 Å². The molecule has 0 aliphatic carbocycles. The molecule has 9 aromatic carbocycles. The molecule has 0 aromatic heterocycles. The number of hydrogen-bond donors (Lipinski definition) is 0. The lowest BCUT2D eigenvalue weighted by Crippen LogP contribution is -2.15. The molecule has 0 saturated carbocycles. The summed E-state index contributed by atoms with van der Waals surface area (Å²) in [6.45, 7) is 0. The maximum atomic E-state index is 2.41. The Labute approximate surface area is 303 Å². The molecule has 242 valence electrons. The highest BCUT2D eigenvalue weighted by atomic mass is 15.2. The van der Waals surface area contributed by atoms with Gasteiger partial charge in [-0.15, -0.1) is 0 Å². The third kappa shape index (κ3) is 4.19. The summed E-state index contributed by atoms with van der Waals surface area (Å²) in [5.41, 5.74) is 17.2. The van der Waals surface area contributed by atoms with Gasteiger partial charge in [-0.2, -0.15) is 0 Å². The number of rotatable bonds is 4. The van der Waals surface area contributed by atoms with E-state index in [4.69, 9.17) is 0 Å². The highest BCUT2D eigenvalue weighted by Gasteiger charge is 2.28. The van der Waals surface area contributed by atoms with Crippen LogP contribution < -0.4 is 9.80 Å². The molecule has 0 amide bonds. The molecule has 2 heterocycles. The Bertz CT molecular complexity index is 2690. The van der Waals surface area contributed by atoms with Crippen LogP contribution in [0.25, 0.3) is 66.1 Å². The summed E-state index contributed by atoms with van der Waals surface area (Å²) < 4.78 is 0. The maximum absolute atomic E-state index is 2.41. The van der Waals surface area contributed by atoms with Gasteiger partial charge in [0.1, 0.15) is 0 Å². The number of benzene rings is 9. The number of para-hydroxylation sites is 4. The first-order chi connectivity index (χ1) is 25.8. The van der Waals surface area contributed by atoms with Crippen molar-refractivity contribution >= 4 is 55.7 Å². The van der Waals surface area contributed by atoms with E-state index in [0.29, 0.717) is 0 Å². The Morgan fingerprint density at radius 1 is 0.231 bits per heavy atom. The first-order valence-electron chi connectivity index (χ1n) is 17.9. The van der Waals surface area contributed by atoms with Gasteiger partial charge >= 0.3 is 0 Å². The van der Waals surface area contributed by atoms with Gasteiger partial charge in [0.05, 0.1) is 22.7 Å². The standard InChI is InChI=1S/C50H32N2/c1-3-13-35(14-4-1)51-46-23-10-8-18-40(46)44-30-29-37(42-21-12-24-47(51)50(42)44)33-25-27-34(28-26-33)38-31-32-48-49-41(38)19-11-20-43(49)39-17-7-9-22-45(39)52(48)36-15-5-2-6-16-36/h1-32H. The molecule has 0 fully saturated rings. The van der Waals surface area contributed by atoms with Gasteiger partial charge in [-0.1, -0.05) is 146 Å². The second-order valence-electron chi connectivity index (χ2n) is 13.7. The number of nitrogens with zero attached hydrogens (tertiary/aromatic N) is 2. The third-order valence-corrected chi connectivity index (χ3v) is 10.9. The lowest BCUT2D eigenvalue weighted by Gasteiger charge is -2.34. The first-order valence-corrected chi connectivity index (χ1v) is 17.9. The molecule has 9 aromatic rings. The van der Waals surface area contributed by atoms with Gasteiger partial charge in [-0.25, -0.2) is 0 Å². The van der Waals surface area contributed by atoms with Crippen molar-refractivity contribution in [3.63, 3.8) is 0 Å². The minimum atomic E-state index is 1.17. The molecule has 2 aliphatic rings. The molecule has 2 aliphatic heterocycles. The topological polar surface area (TPSA) is 6.48 Å². The number of fused-ring (bicyclic) bond motifs is 4. The van der Waals surface area contributed by atoms with Crippen LogP contribution in [0.3, 0.4) is 0 Å². The SMILES string of the molecule is c1ccc(N2c3ccccc3-c3ccc(-c4ccc(-c5ccc6c7c(cccc57)-c5ccccc5N6c5ccccc5)cc4)c4cccc2c34)cc1. The smallest absolute Gasteiger partial charge is 0.0546 e. The largest absolute Gasteiger partial charge is 0.309 e. The van der Waals surface area contributed by atoms with Gasteiger partial charge in [0.25, 0.3) is 0 Å². The first kappa shape index (κ1) is 28.9. The van der Waals surface area contributed by atoms with E-state index in [-0.39, 0.29) is 0 Å². The van der Waals surface area contributed by atoms with Crippen LogP contribution in [0.2, 0.25) is 0 Å². The van der Waals surface area contributed by atoms with Gasteiger partial charge in [0.15, 0.2) is 0 Å². The normalized spacial score (nSPS) is 12.5. The molecule has 0 N–H and O–H groups in total. The second kappa shape index (κ2) is 11.3. The van der Waals surface area contributed by atoms with Crippen LogP contribution >= 0.6 is 0 Å².